The number of nitrogens with zero attached hydrogens (tertiary/aromatic N) is 1. The van der Waals surface area contributed by atoms with E-state index in [-0.39, 0.29) is 16.7 Å². The number of aliphatic hydroxyl groups excluding tert-OH is 1. The molecule has 39 heavy (non-hydrogen) atoms. The van der Waals surface area contributed by atoms with Crippen molar-refractivity contribution in [1.82, 2.24) is 4.98 Å². The molecule has 0 radical (unpaired) electrons. The van der Waals surface area contributed by atoms with E-state index in [2.05, 4.69) is 25.8 Å². The number of aryl methyl sites for hydroxylation is 3. The molecule has 2 N–H and O–H groups in total. The largest absolute Gasteiger partial charge is 0.507 e. The van der Waals surface area contributed by atoms with Crippen LogP contribution in [0.1, 0.15) is 60.3 Å². The highest BCUT2D eigenvalue weighted by Gasteiger charge is 2.48. The first-order valence-corrected chi connectivity index (χ1v) is 13.1. The zero-order valence-electron chi connectivity index (χ0n) is 23.5. The number of fused-ring (bicyclic) bond motifs is 1. The first kappa shape index (κ1) is 26.3. The number of aliphatic hydroxyl groups is 1. The highest BCUT2D eigenvalue weighted by Crippen LogP contribution is 2.46. The Morgan fingerprint density at radius 3 is 2.33 bits per heavy atom. The van der Waals surface area contributed by atoms with Gasteiger partial charge in [-0.15, -0.1) is 0 Å². The molecule has 1 atom stereocenters. The molecule has 5 rings (SSSR count). The van der Waals surface area contributed by atoms with Gasteiger partial charge in [0.2, 0.25) is 0 Å². The molecule has 0 saturated carbocycles. The summed E-state index contributed by atoms with van der Waals surface area (Å²) in [4.78, 5) is 32.4. The summed E-state index contributed by atoms with van der Waals surface area (Å²) in [6.07, 6.45) is 0. The monoisotopic (exact) mass is 522 g/mol. The van der Waals surface area contributed by atoms with Crippen LogP contribution in [0.25, 0.3) is 16.7 Å². The fourth-order valence-electron chi connectivity index (χ4n) is 5.49. The number of hydrogen-bond donors (Lipinski definition) is 2. The van der Waals surface area contributed by atoms with E-state index in [0.717, 1.165) is 38.9 Å². The van der Waals surface area contributed by atoms with Crippen LogP contribution in [0.4, 0.5) is 5.69 Å². The van der Waals surface area contributed by atoms with Gasteiger partial charge >= 0.3 is 0 Å². The fourth-order valence-corrected chi connectivity index (χ4v) is 5.49. The van der Waals surface area contributed by atoms with Gasteiger partial charge in [0.05, 0.1) is 18.7 Å². The maximum absolute atomic E-state index is 13.8. The van der Waals surface area contributed by atoms with Crippen LogP contribution in [0.2, 0.25) is 0 Å². The third kappa shape index (κ3) is 4.30. The van der Waals surface area contributed by atoms with Crippen LogP contribution in [-0.2, 0) is 15.0 Å². The Labute approximate surface area is 228 Å². The number of H-pyrrole nitrogens is 1. The van der Waals surface area contributed by atoms with Crippen molar-refractivity contribution in [1.29, 1.82) is 0 Å². The van der Waals surface area contributed by atoms with E-state index in [1.807, 2.05) is 69.3 Å². The topological polar surface area (TPSA) is 82.6 Å². The lowest BCUT2D eigenvalue weighted by Crippen LogP contribution is -2.29. The third-order valence-corrected chi connectivity index (χ3v) is 7.71. The molecule has 1 saturated heterocycles. The second-order valence-corrected chi connectivity index (χ2v) is 11.3. The molecule has 2 heterocycles. The van der Waals surface area contributed by atoms with Gasteiger partial charge in [-0.2, -0.15) is 0 Å². The number of anilines is 1. The number of amides is 1. The fraction of sp³-hybridized carbons (Fsp3) is 0.273. The molecule has 200 valence electrons. The molecule has 1 fully saturated rings. The molecule has 4 aromatic rings. The minimum Gasteiger partial charge on any atom is -0.507 e. The predicted molar refractivity (Wildman–Crippen MR) is 155 cm³/mol. The molecular weight excluding hydrogens is 488 g/mol. The second-order valence-electron chi connectivity index (χ2n) is 11.3. The summed E-state index contributed by atoms with van der Waals surface area (Å²) >= 11 is 0. The Morgan fingerprint density at radius 1 is 0.949 bits per heavy atom. The minimum absolute atomic E-state index is 0.0658. The van der Waals surface area contributed by atoms with Crippen molar-refractivity contribution >= 4 is 34.0 Å². The highest BCUT2D eigenvalue weighted by atomic mass is 16.5. The minimum atomic E-state index is -0.816. The van der Waals surface area contributed by atoms with Gasteiger partial charge in [-0.1, -0.05) is 45.0 Å². The third-order valence-electron chi connectivity index (χ3n) is 7.71. The van der Waals surface area contributed by atoms with Gasteiger partial charge in [-0.3, -0.25) is 14.5 Å². The molecule has 0 spiro atoms. The van der Waals surface area contributed by atoms with Crippen molar-refractivity contribution < 1.29 is 19.4 Å². The molecule has 1 aromatic heterocycles. The van der Waals surface area contributed by atoms with Crippen molar-refractivity contribution in [3.8, 4) is 5.75 Å². The van der Waals surface area contributed by atoms with Crippen LogP contribution in [0.3, 0.4) is 0 Å². The van der Waals surface area contributed by atoms with E-state index >= 15 is 0 Å². The number of rotatable bonds is 4. The normalized spacial score (nSPS) is 17.3. The SMILES string of the molecule is COc1ccc(/C(O)=C2\C(=O)C(=O)N(c3ccc(C)c(C)c3)C2c2c(C)[nH]c3ccccc23)cc1C(C)(C)C. The number of ketones is 1. The van der Waals surface area contributed by atoms with E-state index in [9.17, 15) is 14.7 Å². The van der Waals surface area contributed by atoms with Crippen LogP contribution in [0, 0.1) is 20.8 Å². The van der Waals surface area contributed by atoms with Crippen LogP contribution >= 0.6 is 0 Å². The van der Waals surface area contributed by atoms with E-state index in [4.69, 9.17) is 4.74 Å². The Hall–Kier alpha value is -4.32. The number of aromatic amines is 1. The quantitative estimate of drug-likeness (QED) is 0.171. The van der Waals surface area contributed by atoms with Gasteiger partial charge in [0.15, 0.2) is 0 Å². The van der Waals surface area contributed by atoms with Crippen molar-refractivity contribution in [3.63, 3.8) is 0 Å². The molecule has 6 nitrogen and oxygen atoms in total. The maximum Gasteiger partial charge on any atom is 0.300 e. The predicted octanol–water partition coefficient (Wildman–Crippen LogP) is 7.03. The Bertz CT molecular complexity index is 1670. The lowest BCUT2D eigenvalue weighted by molar-refractivity contribution is -0.132. The number of aromatic nitrogens is 1. The van der Waals surface area contributed by atoms with Crippen molar-refractivity contribution in [2.75, 3.05) is 12.0 Å². The van der Waals surface area contributed by atoms with E-state index in [1.54, 1.807) is 19.2 Å². The summed E-state index contributed by atoms with van der Waals surface area (Å²) in [6.45, 7) is 12.1. The first-order valence-electron chi connectivity index (χ1n) is 13.1. The summed E-state index contributed by atoms with van der Waals surface area (Å²) in [7, 11) is 1.61. The molecule has 6 heteroatoms. The summed E-state index contributed by atoms with van der Waals surface area (Å²) in [5.41, 5.74) is 6.35. The number of hydrogen-bond acceptors (Lipinski definition) is 4. The number of methoxy groups -OCH3 is 1. The van der Waals surface area contributed by atoms with Crippen molar-refractivity contribution in [2.45, 2.75) is 53.0 Å². The Kier molecular flexibility index (Phi) is 6.37. The number of carbonyl (C=O) groups is 2. The molecular formula is C33H34N2O4. The second kappa shape index (κ2) is 9.45. The Balaban J connectivity index is 1.81. The molecule has 1 amide bonds. The van der Waals surface area contributed by atoms with Gasteiger partial charge in [-0.25, -0.2) is 0 Å². The number of carbonyl (C=O) groups excluding carboxylic acids is 2. The zero-order valence-corrected chi connectivity index (χ0v) is 23.5. The number of benzene rings is 3. The first-order chi connectivity index (χ1) is 18.4. The average Bonchev–Trinajstić information content (AvgIpc) is 3.36. The Morgan fingerprint density at radius 2 is 1.67 bits per heavy atom. The summed E-state index contributed by atoms with van der Waals surface area (Å²) < 4.78 is 5.58. The summed E-state index contributed by atoms with van der Waals surface area (Å²) in [5, 5.41) is 12.7. The summed E-state index contributed by atoms with van der Waals surface area (Å²) in [5.74, 6) is -0.895. The van der Waals surface area contributed by atoms with Gasteiger partial charge in [0.25, 0.3) is 11.7 Å². The average molecular weight is 523 g/mol. The molecule has 1 aliphatic heterocycles. The van der Waals surface area contributed by atoms with Gasteiger partial charge in [0, 0.05) is 39.0 Å². The maximum atomic E-state index is 13.8. The number of nitrogens with one attached hydrogen (secondary N) is 1. The highest BCUT2D eigenvalue weighted by molar-refractivity contribution is 6.52. The van der Waals surface area contributed by atoms with Crippen LogP contribution in [0.5, 0.6) is 5.75 Å². The lowest BCUT2D eigenvalue weighted by atomic mass is 9.84. The molecule has 1 unspecified atom stereocenters. The molecule has 3 aromatic carbocycles. The molecule has 1 aliphatic rings. The number of Topliss-reactive ketones (excluding diaryl/α,β-unsaturated/α-hetero) is 1. The number of ether oxygens (including phenoxy) is 1. The van der Waals surface area contributed by atoms with Crippen LogP contribution < -0.4 is 9.64 Å². The zero-order chi connectivity index (χ0) is 28.2. The van der Waals surface area contributed by atoms with Crippen LogP contribution in [0.15, 0.2) is 66.2 Å². The van der Waals surface area contributed by atoms with Crippen molar-refractivity contribution in [2.24, 2.45) is 0 Å². The van der Waals surface area contributed by atoms with E-state index in [1.165, 1.54) is 4.90 Å². The lowest BCUT2D eigenvalue weighted by Gasteiger charge is -2.27. The van der Waals surface area contributed by atoms with Gasteiger partial charge in [0.1, 0.15) is 11.5 Å². The van der Waals surface area contributed by atoms with E-state index in [0.29, 0.717) is 17.0 Å². The standard InChI is InChI=1S/C33H34N2O4/c1-18-12-14-22(16-19(18)2)35-29(27-20(3)34-25-11-9-8-10-23(25)27)28(31(37)32(35)38)30(36)21-13-15-26(39-7)24(17-21)33(4,5)6/h8-17,29,34,36H,1-7H3/b30-28+. The molecule has 0 bridgehead atoms. The van der Waals surface area contributed by atoms with Gasteiger partial charge in [-0.05, 0) is 73.7 Å². The smallest absolute Gasteiger partial charge is 0.300 e. The van der Waals surface area contributed by atoms with E-state index < -0.39 is 17.7 Å². The summed E-state index contributed by atoms with van der Waals surface area (Å²) in [6, 6.07) is 18.1. The molecule has 0 aliphatic carbocycles. The van der Waals surface area contributed by atoms with Gasteiger partial charge < -0.3 is 14.8 Å². The van der Waals surface area contributed by atoms with Crippen molar-refractivity contribution in [3.05, 3.63) is 99.7 Å². The number of para-hydroxylation sites is 1. The van der Waals surface area contributed by atoms with Crippen LogP contribution in [-0.4, -0.2) is 28.9 Å².